The molecule has 1 aromatic carbocycles. The average Bonchev–Trinajstić information content (AvgIpc) is 2.36. The lowest BCUT2D eigenvalue weighted by atomic mass is 10.1. The van der Waals surface area contributed by atoms with Gasteiger partial charge in [0.1, 0.15) is 11.4 Å². The van der Waals surface area contributed by atoms with Crippen molar-refractivity contribution in [3.8, 4) is 17.5 Å². The summed E-state index contributed by atoms with van der Waals surface area (Å²) in [5.41, 5.74) is 8.23. The van der Waals surface area contributed by atoms with E-state index in [1.54, 1.807) is 12.1 Å². The number of aromatic nitrogens is 1. The van der Waals surface area contributed by atoms with E-state index in [9.17, 15) is 0 Å². The summed E-state index contributed by atoms with van der Waals surface area (Å²) in [4.78, 5) is 4.35. The Labute approximate surface area is 125 Å². The first-order valence-corrected chi connectivity index (χ1v) is 6.95. The van der Waals surface area contributed by atoms with Gasteiger partial charge in [0.15, 0.2) is 0 Å². The molecule has 4 heteroatoms. The van der Waals surface area contributed by atoms with Crippen molar-refractivity contribution in [2.75, 3.05) is 5.73 Å². The third-order valence-electron chi connectivity index (χ3n) is 2.83. The Morgan fingerprint density at radius 1 is 1.05 bits per heavy atom. The van der Waals surface area contributed by atoms with Crippen molar-refractivity contribution < 1.29 is 9.47 Å². The van der Waals surface area contributed by atoms with Crippen LogP contribution in [0.3, 0.4) is 0 Å². The van der Waals surface area contributed by atoms with Crippen LogP contribution in [0.15, 0.2) is 30.3 Å². The summed E-state index contributed by atoms with van der Waals surface area (Å²) in [6.07, 6.45) is 0. The lowest BCUT2D eigenvalue weighted by molar-refractivity contribution is 0.124. The number of nitrogens with two attached hydrogens (primary N) is 1. The largest absolute Gasteiger partial charge is 0.470 e. The molecule has 0 fully saturated rings. The normalized spacial score (nSPS) is 11.3. The van der Waals surface area contributed by atoms with E-state index in [0.717, 1.165) is 16.9 Å². The van der Waals surface area contributed by atoms with Gasteiger partial charge in [0.25, 0.3) is 0 Å². The molecular formula is C17H22N2O2. The summed E-state index contributed by atoms with van der Waals surface area (Å²) in [7, 11) is 0. The molecule has 0 saturated heterocycles. The van der Waals surface area contributed by atoms with Gasteiger partial charge < -0.3 is 15.2 Å². The first kappa shape index (κ1) is 15.2. The molecule has 0 saturated carbocycles. The summed E-state index contributed by atoms with van der Waals surface area (Å²) in [5.74, 6) is 1.65. The average molecular weight is 286 g/mol. The van der Waals surface area contributed by atoms with Crippen LogP contribution in [-0.2, 0) is 0 Å². The van der Waals surface area contributed by atoms with Crippen LogP contribution in [0.2, 0.25) is 0 Å². The maximum Gasteiger partial charge on any atom is 0.241 e. The highest BCUT2D eigenvalue weighted by atomic mass is 16.5. The molecule has 112 valence electrons. The van der Waals surface area contributed by atoms with Crippen molar-refractivity contribution in [1.29, 1.82) is 0 Å². The van der Waals surface area contributed by atoms with Crippen LogP contribution in [0.25, 0.3) is 0 Å². The van der Waals surface area contributed by atoms with Crippen molar-refractivity contribution in [2.45, 2.75) is 40.2 Å². The number of benzene rings is 1. The highest BCUT2D eigenvalue weighted by Crippen LogP contribution is 2.30. The monoisotopic (exact) mass is 286 g/mol. The molecule has 2 rings (SSSR count). The second kappa shape index (κ2) is 5.64. The summed E-state index contributed by atoms with van der Waals surface area (Å²) < 4.78 is 11.6. The fraction of sp³-hybridized carbons (Fsp3) is 0.353. The molecule has 0 atom stereocenters. The Kier molecular flexibility index (Phi) is 4.07. The van der Waals surface area contributed by atoms with Gasteiger partial charge in [0.2, 0.25) is 11.8 Å². The van der Waals surface area contributed by atoms with Crippen LogP contribution in [0, 0.1) is 13.8 Å². The van der Waals surface area contributed by atoms with Gasteiger partial charge in [-0.15, -0.1) is 0 Å². The highest BCUT2D eigenvalue weighted by molar-refractivity contribution is 5.50. The van der Waals surface area contributed by atoms with Crippen molar-refractivity contribution in [3.63, 3.8) is 0 Å². The SMILES string of the molecule is Cc1ccc(C)c(Oc2ccc(N)c(OC(C)(C)C)n2)c1. The Balaban J connectivity index is 2.29. The molecule has 4 nitrogen and oxygen atoms in total. The van der Waals surface area contributed by atoms with Crippen LogP contribution in [0.1, 0.15) is 31.9 Å². The van der Waals surface area contributed by atoms with Gasteiger partial charge in [-0.2, -0.15) is 4.98 Å². The summed E-state index contributed by atoms with van der Waals surface area (Å²) in [5, 5.41) is 0. The second-order valence-electron chi connectivity index (χ2n) is 6.13. The zero-order valence-corrected chi connectivity index (χ0v) is 13.2. The van der Waals surface area contributed by atoms with E-state index in [4.69, 9.17) is 15.2 Å². The summed E-state index contributed by atoms with van der Waals surface area (Å²) in [6.45, 7) is 9.88. The van der Waals surface area contributed by atoms with E-state index < -0.39 is 0 Å². The molecule has 1 aromatic heterocycles. The Hall–Kier alpha value is -2.23. The van der Waals surface area contributed by atoms with Crippen LogP contribution in [0.4, 0.5) is 5.69 Å². The van der Waals surface area contributed by atoms with Crippen molar-refractivity contribution in [1.82, 2.24) is 4.98 Å². The van der Waals surface area contributed by atoms with E-state index in [0.29, 0.717) is 17.4 Å². The van der Waals surface area contributed by atoms with Gasteiger partial charge in [-0.25, -0.2) is 0 Å². The molecule has 2 N–H and O–H groups in total. The fourth-order valence-electron chi connectivity index (χ4n) is 1.79. The molecule has 0 aliphatic carbocycles. The zero-order valence-electron chi connectivity index (χ0n) is 13.2. The minimum atomic E-state index is -0.362. The number of nitrogen functional groups attached to an aromatic ring is 1. The maximum atomic E-state index is 5.90. The number of ether oxygens (including phenoxy) is 2. The van der Waals surface area contributed by atoms with Gasteiger partial charge in [-0.1, -0.05) is 12.1 Å². The van der Waals surface area contributed by atoms with E-state index in [1.165, 1.54) is 0 Å². The maximum absolute atomic E-state index is 5.90. The predicted molar refractivity (Wildman–Crippen MR) is 85.0 cm³/mol. The lowest BCUT2D eigenvalue weighted by Gasteiger charge is -2.21. The molecule has 0 spiro atoms. The Bertz CT molecular complexity index is 646. The number of pyridine rings is 1. The molecule has 0 aliphatic heterocycles. The highest BCUT2D eigenvalue weighted by Gasteiger charge is 2.16. The zero-order chi connectivity index (χ0) is 15.6. The molecule has 0 bridgehead atoms. The number of hydrogen-bond acceptors (Lipinski definition) is 4. The van der Waals surface area contributed by atoms with Crippen LogP contribution in [0.5, 0.6) is 17.5 Å². The summed E-state index contributed by atoms with van der Waals surface area (Å²) in [6, 6.07) is 9.54. The fourth-order valence-corrected chi connectivity index (χ4v) is 1.79. The minimum absolute atomic E-state index is 0.362. The molecule has 0 unspecified atom stereocenters. The van der Waals surface area contributed by atoms with E-state index in [2.05, 4.69) is 4.98 Å². The standard InChI is InChI=1S/C17H22N2O2/c1-11-6-7-12(2)14(10-11)20-15-9-8-13(18)16(19-15)21-17(3,4)5/h6-10H,18H2,1-5H3. The van der Waals surface area contributed by atoms with E-state index >= 15 is 0 Å². The van der Waals surface area contributed by atoms with Crippen molar-refractivity contribution in [3.05, 3.63) is 41.5 Å². The Morgan fingerprint density at radius 3 is 2.43 bits per heavy atom. The molecule has 21 heavy (non-hydrogen) atoms. The lowest BCUT2D eigenvalue weighted by Crippen LogP contribution is -2.24. The van der Waals surface area contributed by atoms with Gasteiger partial charge in [0.05, 0.1) is 5.69 Å². The first-order chi connectivity index (χ1) is 9.74. The number of rotatable bonds is 3. The first-order valence-electron chi connectivity index (χ1n) is 6.95. The summed E-state index contributed by atoms with van der Waals surface area (Å²) >= 11 is 0. The van der Waals surface area contributed by atoms with E-state index in [1.807, 2.05) is 52.8 Å². The molecule has 1 heterocycles. The third-order valence-corrected chi connectivity index (χ3v) is 2.83. The van der Waals surface area contributed by atoms with Crippen molar-refractivity contribution >= 4 is 5.69 Å². The number of aryl methyl sites for hydroxylation is 2. The second-order valence-corrected chi connectivity index (χ2v) is 6.13. The molecule has 0 amide bonds. The topological polar surface area (TPSA) is 57.4 Å². The van der Waals surface area contributed by atoms with Crippen LogP contribution >= 0.6 is 0 Å². The number of nitrogens with zero attached hydrogens (tertiary/aromatic N) is 1. The van der Waals surface area contributed by atoms with Gasteiger partial charge in [-0.3, -0.25) is 0 Å². The minimum Gasteiger partial charge on any atom is -0.470 e. The van der Waals surface area contributed by atoms with E-state index in [-0.39, 0.29) is 5.60 Å². The van der Waals surface area contributed by atoms with Gasteiger partial charge >= 0.3 is 0 Å². The van der Waals surface area contributed by atoms with Crippen LogP contribution < -0.4 is 15.2 Å². The number of anilines is 1. The molecule has 0 radical (unpaired) electrons. The van der Waals surface area contributed by atoms with Gasteiger partial charge in [-0.05, 0) is 57.9 Å². The molecule has 0 aliphatic rings. The van der Waals surface area contributed by atoms with Crippen LogP contribution in [-0.4, -0.2) is 10.6 Å². The number of hydrogen-bond donors (Lipinski definition) is 1. The third kappa shape index (κ3) is 4.12. The smallest absolute Gasteiger partial charge is 0.241 e. The predicted octanol–water partition coefficient (Wildman–Crippen LogP) is 4.25. The quantitative estimate of drug-likeness (QED) is 0.916. The van der Waals surface area contributed by atoms with Crippen molar-refractivity contribution in [2.24, 2.45) is 0 Å². The molecule has 2 aromatic rings. The molecular weight excluding hydrogens is 264 g/mol. The Morgan fingerprint density at radius 2 is 1.76 bits per heavy atom. The van der Waals surface area contributed by atoms with Gasteiger partial charge in [0, 0.05) is 6.07 Å².